The van der Waals surface area contributed by atoms with Crippen molar-refractivity contribution in [3.63, 3.8) is 0 Å². The summed E-state index contributed by atoms with van der Waals surface area (Å²) in [5.41, 5.74) is 4.05. The van der Waals surface area contributed by atoms with Gasteiger partial charge in [0.1, 0.15) is 0 Å². The summed E-state index contributed by atoms with van der Waals surface area (Å²) >= 11 is 2.76. The number of aryl methyl sites for hydroxylation is 1. The van der Waals surface area contributed by atoms with E-state index in [2.05, 4.69) is 10.6 Å². The van der Waals surface area contributed by atoms with Crippen molar-refractivity contribution in [2.75, 3.05) is 16.8 Å². The number of ketones is 1. The van der Waals surface area contributed by atoms with Crippen LogP contribution in [0, 0.1) is 0 Å². The molecule has 2 aliphatic rings. The molecule has 32 heavy (non-hydrogen) atoms. The molecular formula is C23H19N3O4S2. The summed E-state index contributed by atoms with van der Waals surface area (Å²) in [5, 5.41) is 8.90. The van der Waals surface area contributed by atoms with Gasteiger partial charge in [-0.1, -0.05) is 0 Å². The maximum atomic E-state index is 12.4. The summed E-state index contributed by atoms with van der Waals surface area (Å²) < 4.78 is 0. The number of nitrogens with one attached hydrogen (secondary N) is 2. The second-order valence-corrected chi connectivity index (χ2v) is 9.66. The van der Waals surface area contributed by atoms with E-state index in [0.717, 1.165) is 41.1 Å². The van der Waals surface area contributed by atoms with Gasteiger partial charge in [0.2, 0.25) is 11.7 Å². The fourth-order valence-corrected chi connectivity index (χ4v) is 5.66. The highest BCUT2D eigenvalue weighted by Gasteiger charge is 2.32. The molecule has 2 aromatic heterocycles. The average Bonchev–Trinajstić information content (AvgIpc) is 3.53. The summed E-state index contributed by atoms with van der Waals surface area (Å²) in [6.45, 7) is 0.892. The largest absolute Gasteiger partial charge is 0.343 e. The first kappa shape index (κ1) is 20.6. The normalized spacial score (nSPS) is 14.2. The molecule has 0 bridgehead atoms. The number of anilines is 2. The lowest BCUT2D eigenvalue weighted by Gasteiger charge is -2.26. The number of rotatable bonds is 5. The molecule has 0 fully saturated rings. The molecule has 0 unspecified atom stereocenters. The lowest BCUT2D eigenvalue weighted by atomic mass is 9.99. The Kier molecular flexibility index (Phi) is 5.36. The number of amides is 3. The number of nitrogens with zero attached hydrogens (tertiary/aromatic N) is 1. The highest BCUT2D eigenvalue weighted by atomic mass is 32.1. The first-order valence-corrected chi connectivity index (χ1v) is 12.0. The Morgan fingerprint density at radius 3 is 2.72 bits per heavy atom. The van der Waals surface area contributed by atoms with Gasteiger partial charge < -0.3 is 15.5 Å². The molecule has 0 spiro atoms. The molecule has 5 rings (SSSR count). The van der Waals surface area contributed by atoms with Crippen molar-refractivity contribution >= 4 is 57.6 Å². The fraction of sp³-hybridized carbons (Fsp3) is 0.217. The second-order valence-electron chi connectivity index (χ2n) is 7.71. The predicted octanol–water partition coefficient (Wildman–Crippen LogP) is 3.13. The van der Waals surface area contributed by atoms with E-state index in [0.29, 0.717) is 22.5 Å². The van der Waals surface area contributed by atoms with Crippen LogP contribution in [0.4, 0.5) is 11.4 Å². The van der Waals surface area contributed by atoms with E-state index in [1.807, 2.05) is 16.3 Å². The Balaban J connectivity index is 1.21. The van der Waals surface area contributed by atoms with Crippen LogP contribution >= 0.6 is 22.7 Å². The lowest BCUT2D eigenvalue weighted by molar-refractivity contribution is -0.136. The summed E-state index contributed by atoms with van der Waals surface area (Å²) in [5.74, 6) is -1.49. The fourth-order valence-electron chi connectivity index (χ4n) is 4.12. The summed E-state index contributed by atoms with van der Waals surface area (Å²) in [6.07, 6.45) is 2.05. The van der Waals surface area contributed by atoms with Crippen LogP contribution in [-0.2, 0) is 33.8 Å². The second kappa shape index (κ2) is 8.33. The number of hydrogen-bond acceptors (Lipinski definition) is 6. The Morgan fingerprint density at radius 2 is 1.91 bits per heavy atom. The number of carbonyl (C=O) groups is 4. The van der Waals surface area contributed by atoms with Gasteiger partial charge in [-0.25, -0.2) is 0 Å². The zero-order valence-corrected chi connectivity index (χ0v) is 18.6. The van der Waals surface area contributed by atoms with Gasteiger partial charge >= 0.3 is 11.8 Å². The van der Waals surface area contributed by atoms with Crippen molar-refractivity contribution < 1.29 is 19.2 Å². The molecule has 4 heterocycles. The molecule has 0 saturated heterocycles. The molecule has 3 aromatic rings. The van der Waals surface area contributed by atoms with Gasteiger partial charge in [-0.3, -0.25) is 19.2 Å². The van der Waals surface area contributed by atoms with Crippen LogP contribution in [-0.4, -0.2) is 30.0 Å². The third-order valence-electron chi connectivity index (χ3n) is 5.56. The monoisotopic (exact) mass is 465 g/mol. The minimum absolute atomic E-state index is 0.0517. The topological polar surface area (TPSA) is 95.6 Å². The standard InChI is InChI=1S/C23H19N3O4S2/c27-19-10-15-9-16(8-13-2-1-6-26(19)20(13)15)25-23(30)22(29)24-11-17-3-4-18(32-17)21(28)14-5-7-31-12-14/h3-5,7-9,12H,1-2,6,10-11H2,(H,24,29)(H,25,30). The molecular weight excluding hydrogens is 446 g/mol. The van der Waals surface area contributed by atoms with Crippen molar-refractivity contribution in [1.82, 2.24) is 5.32 Å². The molecule has 2 aliphatic heterocycles. The number of thiophene rings is 2. The van der Waals surface area contributed by atoms with E-state index in [-0.39, 0.29) is 18.2 Å². The SMILES string of the molecule is O=C(NCc1ccc(C(=O)c2ccsc2)s1)C(=O)Nc1cc2c3c(c1)CC(=O)N3CCC2. The van der Waals surface area contributed by atoms with Gasteiger partial charge in [-0.05, 0) is 59.7 Å². The highest BCUT2D eigenvalue weighted by Crippen LogP contribution is 2.38. The van der Waals surface area contributed by atoms with E-state index in [9.17, 15) is 19.2 Å². The summed E-state index contributed by atoms with van der Waals surface area (Å²) in [4.78, 5) is 52.4. The lowest BCUT2D eigenvalue weighted by Crippen LogP contribution is -2.35. The van der Waals surface area contributed by atoms with Gasteiger partial charge in [0.15, 0.2) is 0 Å². The number of hydrogen-bond donors (Lipinski definition) is 2. The quantitative estimate of drug-likeness (QED) is 0.447. The Hall–Kier alpha value is -3.30. The van der Waals surface area contributed by atoms with E-state index in [4.69, 9.17) is 0 Å². The number of benzene rings is 1. The van der Waals surface area contributed by atoms with Gasteiger partial charge in [0.25, 0.3) is 0 Å². The van der Waals surface area contributed by atoms with Crippen LogP contribution in [0.25, 0.3) is 0 Å². The summed E-state index contributed by atoms with van der Waals surface area (Å²) in [7, 11) is 0. The third-order valence-corrected chi connectivity index (χ3v) is 7.33. The Labute approximate surface area is 192 Å². The van der Waals surface area contributed by atoms with Crippen LogP contribution in [0.2, 0.25) is 0 Å². The van der Waals surface area contributed by atoms with Gasteiger partial charge in [-0.15, -0.1) is 11.3 Å². The van der Waals surface area contributed by atoms with E-state index in [1.54, 1.807) is 29.6 Å². The molecule has 3 amide bonds. The molecule has 9 heteroatoms. The minimum Gasteiger partial charge on any atom is -0.343 e. The zero-order chi connectivity index (χ0) is 22.2. The minimum atomic E-state index is -0.764. The van der Waals surface area contributed by atoms with Crippen LogP contribution in [0.3, 0.4) is 0 Å². The van der Waals surface area contributed by atoms with E-state index < -0.39 is 11.8 Å². The molecule has 0 atom stereocenters. The maximum Gasteiger partial charge on any atom is 0.313 e. The Morgan fingerprint density at radius 1 is 1.06 bits per heavy atom. The first-order chi connectivity index (χ1) is 15.5. The zero-order valence-electron chi connectivity index (χ0n) is 17.0. The average molecular weight is 466 g/mol. The van der Waals surface area contributed by atoms with Crippen LogP contribution < -0.4 is 15.5 Å². The van der Waals surface area contributed by atoms with Crippen molar-refractivity contribution in [3.05, 3.63) is 67.5 Å². The molecule has 2 N–H and O–H groups in total. The first-order valence-electron chi connectivity index (χ1n) is 10.2. The molecule has 0 aliphatic carbocycles. The third kappa shape index (κ3) is 3.85. The highest BCUT2D eigenvalue weighted by molar-refractivity contribution is 7.14. The van der Waals surface area contributed by atoms with Crippen molar-refractivity contribution in [2.24, 2.45) is 0 Å². The van der Waals surface area contributed by atoms with Crippen LogP contribution in [0.1, 0.15) is 37.7 Å². The van der Waals surface area contributed by atoms with Gasteiger partial charge in [0.05, 0.1) is 23.5 Å². The van der Waals surface area contributed by atoms with Crippen molar-refractivity contribution in [2.45, 2.75) is 25.8 Å². The summed E-state index contributed by atoms with van der Waals surface area (Å²) in [6, 6.07) is 8.90. The Bertz CT molecular complexity index is 1250. The van der Waals surface area contributed by atoms with Crippen LogP contribution in [0.15, 0.2) is 41.1 Å². The van der Waals surface area contributed by atoms with E-state index >= 15 is 0 Å². The molecule has 0 saturated carbocycles. The number of carbonyl (C=O) groups excluding carboxylic acids is 4. The predicted molar refractivity (Wildman–Crippen MR) is 123 cm³/mol. The van der Waals surface area contributed by atoms with Gasteiger partial charge in [-0.2, -0.15) is 11.3 Å². The van der Waals surface area contributed by atoms with Crippen molar-refractivity contribution in [1.29, 1.82) is 0 Å². The smallest absolute Gasteiger partial charge is 0.313 e. The van der Waals surface area contributed by atoms with Gasteiger partial charge in [0, 0.05) is 28.1 Å². The molecule has 7 nitrogen and oxygen atoms in total. The van der Waals surface area contributed by atoms with E-state index in [1.165, 1.54) is 22.7 Å². The maximum absolute atomic E-state index is 12.4. The molecule has 162 valence electrons. The van der Waals surface area contributed by atoms with Crippen molar-refractivity contribution in [3.8, 4) is 0 Å². The molecule has 1 aromatic carbocycles. The molecule has 0 radical (unpaired) electrons. The van der Waals surface area contributed by atoms with Crippen LogP contribution in [0.5, 0.6) is 0 Å².